The molecule has 1 radical (unpaired) electrons. The van der Waals surface area contributed by atoms with Crippen LogP contribution in [0.1, 0.15) is 48.6 Å². The molecule has 7 aromatic rings. The molecular formula is C42H38IrN2O-2. The second-order valence-electron chi connectivity index (χ2n) is 12.9. The van der Waals surface area contributed by atoms with Crippen LogP contribution in [-0.4, -0.2) is 9.97 Å². The maximum atomic E-state index is 6.11. The van der Waals surface area contributed by atoms with Gasteiger partial charge in [0.1, 0.15) is 5.58 Å². The Morgan fingerprint density at radius 2 is 1.52 bits per heavy atom. The van der Waals surface area contributed by atoms with Gasteiger partial charge in [0, 0.05) is 37.9 Å². The van der Waals surface area contributed by atoms with E-state index < -0.39 is 0 Å². The molecule has 0 atom stereocenters. The Hall–Kier alpha value is -4.37. The molecule has 0 fully saturated rings. The van der Waals surface area contributed by atoms with Gasteiger partial charge in [0.15, 0.2) is 0 Å². The van der Waals surface area contributed by atoms with Crippen LogP contribution in [0.15, 0.2) is 120 Å². The third kappa shape index (κ3) is 7.88. The van der Waals surface area contributed by atoms with Crippen LogP contribution >= 0.6 is 0 Å². The van der Waals surface area contributed by atoms with Gasteiger partial charge in [-0.2, -0.15) is 0 Å². The summed E-state index contributed by atoms with van der Waals surface area (Å²) in [5, 5.41) is 2.25. The maximum absolute atomic E-state index is 6.11. The van der Waals surface area contributed by atoms with Crippen molar-refractivity contribution in [3.05, 3.63) is 155 Å². The summed E-state index contributed by atoms with van der Waals surface area (Å²) in [5.74, 6) is 0. The molecule has 233 valence electrons. The summed E-state index contributed by atoms with van der Waals surface area (Å²) in [4.78, 5) is 9.12. The Bertz CT molecular complexity index is 2050. The fraction of sp³-hybridized carbons (Fsp3) is 0.190. The zero-order valence-corrected chi connectivity index (χ0v) is 29.4. The summed E-state index contributed by atoms with van der Waals surface area (Å²) in [7, 11) is 0. The summed E-state index contributed by atoms with van der Waals surface area (Å²) in [6, 6.07) is 41.9. The third-order valence-corrected chi connectivity index (χ3v) is 7.85. The molecule has 3 aromatic heterocycles. The standard InChI is InChI=1S/C22H20NO.C20H18N.Ir/c1-22(2,3)14-15-11-12-23-19(13-15)18-9-6-8-17-16-7-4-5-10-20(16)24-21(17)18;1-15-8-10-18(11-9-15)20-13-19(16(2)14-21-20)12-17-6-4-3-5-7-17;/h4-8,10-13H,14H2,1-3H3;3-10,13-14H,12H2,1-2H3;/q2*-1;. The number of nitrogens with zero attached hydrogens (tertiary/aromatic N) is 2. The summed E-state index contributed by atoms with van der Waals surface area (Å²) >= 11 is 0. The zero-order chi connectivity index (χ0) is 31.4. The van der Waals surface area contributed by atoms with Crippen LogP contribution in [-0.2, 0) is 32.9 Å². The molecule has 0 aliphatic rings. The molecule has 0 bridgehead atoms. The van der Waals surface area contributed by atoms with Crippen molar-refractivity contribution in [1.29, 1.82) is 0 Å². The van der Waals surface area contributed by atoms with Gasteiger partial charge in [0.05, 0.1) is 5.58 Å². The van der Waals surface area contributed by atoms with Gasteiger partial charge in [-0.1, -0.05) is 105 Å². The monoisotopic (exact) mass is 779 g/mol. The van der Waals surface area contributed by atoms with Crippen molar-refractivity contribution in [3.63, 3.8) is 0 Å². The van der Waals surface area contributed by atoms with Gasteiger partial charge in [-0.3, -0.25) is 0 Å². The first-order chi connectivity index (χ1) is 21.7. The maximum Gasteiger partial charge on any atom is 0.120 e. The van der Waals surface area contributed by atoms with Crippen LogP contribution in [0.5, 0.6) is 0 Å². The molecular weight excluding hydrogens is 741 g/mol. The van der Waals surface area contributed by atoms with E-state index in [9.17, 15) is 0 Å². The van der Waals surface area contributed by atoms with Crippen LogP contribution in [0, 0.1) is 31.4 Å². The number of benzene rings is 4. The fourth-order valence-corrected chi connectivity index (χ4v) is 5.59. The Morgan fingerprint density at radius 1 is 0.739 bits per heavy atom. The fourth-order valence-electron chi connectivity index (χ4n) is 5.59. The molecule has 0 aliphatic heterocycles. The minimum absolute atomic E-state index is 0. The van der Waals surface area contributed by atoms with Crippen LogP contribution in [0.3, 0.4) is 0 Å². The summed E-state index contributed by atoms with van der Waals surface area (Å²) in [6.07, 6.45) is 5.79. The second-order valence-corrected chi connectivity index (χ2v) is 12.9. The van der Waals surface area contributed by atoms with Crippen molar-refractivity contribution in [2.24, 2.45) is 5.41 Å². The first-order valence-corrected chi connectivity index (χ1v) is 15.5. The van der Waals surface area contributed by atoms with Gasteiger partial charge < -0.3 is 14.4 Å². The molecule has 0 amide bonds. The second kappa shape index (κ2) is 14.4. The normalized spacial score (nSPS) is 11.2. The molecule has 0 saturated carbocycles. The number of rotatable bonds is 5. The van der Waals surface area contributed by atoms with E-state index in [0.717, 1.165) is 57.3 Å². The number of fused-ring (bicyclic) bond motifs is 3. The summed E-state index contributed by atoms with van der Waals surface area (Å²) in [5.41, 5.74) is 12.3. The van der Waals surface area contributed by atoms with Crippen molar-refractivity contribution in [3.8, 4) is 22.5 Å². The number of aromatic nitrogens is 2. The number of furan rings is 1. The molecule has 0 N–H and O–H groups in total. The first-order valence-electron chi connectivity index (χ1n) is 15.5. The topological polar surface area (TPSA) is 38.9 Å². The van der Waals surface area contributed by atoms with Gasteiger partial charge in [-0.05, 0) is 65.4 Å². The van der Waals surface area contributed by atoms with Crippen LogP contribution in [0.2, 0.25) is 0 Å². The van der Waals surface area contributed by atoms with Crippen molar-refractivity contribution >= 4 is 21.9 Å². The van der Waals surface area contributed by atoms with Gasteiger partial charge in [0.25, 0.3) is 0 Å². The van der Waals surface area contributed by atoms with Crippen LogP contribution in [0.25, 0.3) is 44.5 Å². The molecule has 0 unspecified atom stereocenters. The Labute approximate surface area is 286 Å². The van der Waals surface area contributed by atoms with E-state index in [0.29, 0.717) is 0 Å². The molecule has 0 saturated heterocycles. The van der Waals surface area contributed by atoms with E-state index >= 15 is 0 Å². The van der Waals surface area contributed by atoms with Gasteiger partial charge in [-0.25, -0.2) is 0 Å². The predicted octanol–water partition coefficient (Wildman–Crippen LogP) is 10.8. The van der Waals surface area contributed by atoms with Crippen molar-refractivity contribution in [2.45, 2.75) is 47.5 Å². The number of pyridine rings is 2. The van der Waals surface area contributed by atoms with E-state index in [1.54, 1.807) is 0 Å². The Morgan fingerprint density at radius 3 is 2.28 bits per heavy atom. The quantitative estimate of drug-likeness (QED) is 0.163. The van der Waals surface area contributed by atoms with Gasteiger partial charge in [-0.15, -0.1) is 53.6 Å². The van der Waals surface area contributed by atoms with E-state index in [1.165, 1.54) is 27.8 Å². The SMILES string of the molecule is CC(C)(C)Cc1ccnc(-c2[c-]ccc3c2oc2ccccc23)c1.Cc1c[c-]c(-c2cc(Cc3ccccc3)c(C)cn2)cc1.[Ir]. The van der Waals surface area contributed by atoms with Crippen molar-refractivity contribution in [1.82, 2.24) is 9.97 Å². The average Bonchev–Trinajstić information content (AvgIpc) is 3.42. The molecule has 4 heteroatoms. The van der Waals surface area contributed by atoms with Crippen molar-refractivity contribution in [2.75, 3.05) is 0 Å². The Balaban J connectivity index is 0.000000179. The number of hydrogen-bond donors (Lipinski definition) is 0. The molecule has 3 nitrogen and oxygen atoms in total. The largest absolute Gasteiger partial charge is 0.501 e. The smallest absolute Gasteiger partial charge is 0.120 e. The van der Waals surface area contributed by atoms with E-state index in [1.807, 2.05) is 42.7 Å². The minimum Gasteiger partial charge on any atom is -0.501 e. The third-order valence-electron chi connectivity index (χ3n) is 7.85. The first kappa shape index (κ1) is 33.0. The Kier molecular flexibility index (Phi) is 10.3. The summed E-state index contributed by atoms with van der Waals surface area (Å²) in [6.45, 7) is 10.9. The number of hydrogen-bond acceptors (Lipinski definition) is 3. The minimum atomic E-state index is 0. The summed E-state index contributed by atoms with van der Waals surface area (Å²) < 4.78 is 6.11. The number of para-hydroxylation sites is 1. The van der Waals surface area contributed by atoms with E-state index in [-0.39, 0.29) is 25.5 Å². The molecule has 0 aliphatic carbocycles. The van der Waals surface area contributed by atoms with Gasteiger partial charge >= 0.3 is 0 Å². The van der Waals surface area contributed by atoms with Crippen molar-refractivity contribution < 1.29 is 24.5 Å². The number of aryl methyl sites for hydroxylation is 2. The molecule has 7 rings (SSSR count). The molecule has 4 aromatic carbocycles. The van der Waals surface area contributed by atoms with Gasteiger partial charge in [0.2, 0.25) is 0 Å². The zero-order valence-electron chi connectivity index (χ0n) is 27.0. The van der Waals surface area contributed by atoms with E-state index in [2.05, 4.69) is 130 Å². The predicted molar refractivity (Wildman–Crippen MR) is 186 cm³/mol. The van der Waals surface area contributed by atoms with Crippen LogP contribution < -0.4 is 0 Å². The molecule has 46 heavy (non-hydrogen) atoms. The van der Waals surface area contributed by atoms with Crippen LogP contribution in [0.4, 0.5) is 0 Å². The van der Waals surface area contributed by atoms with E-state index in [4.69, 9.17) is 4.42 Å². The molecule has 3 heterocycles. The average molecular weight is 779 g/mol. The molecule has 0 spiro atoms.